The minimum atomic E-state index is 0.101. The molecular formula is C11H18N2O. The van der Waals surface area contributed by atoms with Crippen molar-refractivity contribution in [1.82, 2.24) is 9.47 Å². The van der Waals surface area contributed by atoms with Crippen molar-refractivity contribution in [1.29, 1.82) is 0 Å². The van der Waals surface area contributed by atoms with Crippen LogP contribution in [0.2, 0.25) is 0 Å². The molecule has 0 spiro atoms. The summed E-state index contributed by atoms with van der Waals surface area (Å²) in [5.74, 6) is 0. The molecule has 3 nitrogen and oxygen atoms in total. The van der Waals surface area contributed by atoms with Gasteiger partial charge < -0.3 is 9.47 Å². The molecule has 0 atom stereocenters. The van der Waals surface area contributed by atoms with Crippen LogP contribution in [0.3, 0.4) is 0 Å². The average molecular weight is 194 g/mol. The zero-order valence-corrected chi connectivity index (χ0v) is 9.16. The maximum Gasteiger partial charge on any atom is 0.250 e. The van der Waals surface area contributed by atoms with Gasteiger partial charge in [0.05, 0.1) is 0 Å². The molecule has 0 saturated carbocycles. The van der Waals surface area contributed by atoms with E-state index >= 15 is 0 Å². The van der Waals surface area contributed by atoms with Crippen LogP contribution in [-0.4, -0.2) is 30.1 Å². The molecule has 0 aliphatic carbocycles. The molecule has 1 aromatic rings. The smallest absolute Gasteiger partial charge is 0.250 e. The Morgan fingerprint density at radius 1 is 1.43 bits per heavy atom. The van der Waals surface area contributed by atoms with Crippen LogP contribution < -0.4 is 5.56 Å². The Morgan fingerprint density at radius 2 is 2.14 bits per heavy atom. The van der Waals surface area contributed by atoms with Crippen LogP contribution >= 0.6 is 0 Å². The van der Waals surface area contributed by atoms with Crippen molar-refractivity contribution in [3.63, 3.8) is 0 Å². The highest BCUT2D eigenvalue weighted by Crippen LogP contribution is 1.93. The first kappa shape index (κ1) is 11.0. The van der Waals surface area contributed by atoms with E-state index < -0.39 is 0 Å². The van der Waals surface area contributed by atoms with Crippen LogP contribution in [0.5, 0.6) is 0 Å². The summed E-state index contributed by atoms with van der Waals surface area (Å²) in [5.41, 5.74) is 1.13. The number of nitrogens with zero attached hydrogens (tertiary/aromatic N) is 2. The van der Waals surface area contributed by atoms with Crippen LogP contribution in [0.4, 0.5) is 0 Å². The second-order valence-corrected chi connectivity index (χ2v) is 3.89. The van der Waals surface area contributed by atoms with Gasteiger partial charge in [0.1, 0.15) is 0 Å². The summed E-state index contributed by atoms with van der Waals surface area (Å²) in [6.45, 7) is 3.75. The van der Waals surface area contributed by atoms with E-state index in [1.54, 1.807) is 10.6 Å². The van der Waals surface area contributed by atoms with E-state index in [9.17, 15) is 4.79 Å². The van der Waals surface area contributed by atoms with Crippen LogP contribution in [0.15, 0.2) is 23.1 Å². The summed E-state index contributed by atoms with van der Waals surface area (Å²) in [4.78, 5) is 13.6. The topological polar surface area (TPSA) is 25.2 Å². The van der Waals surface area contributed by atoms with Gasteiger partial charge in [-0.05, 0) is 45.6 Å². The zero-order valence-electron chi connectivity index (χ0n) is 9.16. The van der Waals surface area contributed by atoms with Gasteiger partial charge in [-0.1, -0.05) is 0 Å². The van der Waals surface area contributed by atoms with Gasteiger partial charge in [-0.25, -0.2) is 0 Å². The Balaban J connectivity index is 2.55. The Kier molecular flexibility index (Phi) is 3.89. The fourth-order valence-corrected chi connectivity index (χ4v) is 1.35. The lowest BCUT2D eigenvalue weighted by Crippen LogP contribution is -2.21. The molecule has 0 saturated heterocycles. The quantitative estimate of drug-likeness (QED) is 0.717. The third-order valence-corrected chi connectivity index (χ3v) is 2.16. The summed E-state index contributed by atoms with van der Waals surface area (Å²) >= 11 is 0. The van der Waals surface area contributed by atoms with Gasteiger partial charge in [0, 0.05) is 18.8 Å². The molecule has 0 radical (unpaired) electrons. The van der Waals surface area contributed by atoms with Gasteiger partial charge in [0.25, 0.3) is 5.56 Å². The van der Waals surface area contributed by atoms with Gasteiger partial charge >= 0.3 is 0 Å². The molecule has 3 heteroatoms. The molecule has 1 aromatic heterocycles. The maximum atomic E-state index is 11.5. The molecule has 1 heterocycles. The second kappa shape index (κ2) is 4.96. The van der Waals surface area contributed by atoms with E-state index in [0.29, 0.717) is 0 Å². The molecule has 14 heavy (non-hydrogen) atoms. The Labute approximate surface area is 85.0 Å². The molecule has 0 amide bonds. The lowest BCUT2D eigenvalue weighted by molar-refractivity contribution is 0.385. The van der Waals surface area contributed by atoms with Crippen molar-refractivity contribution in [3.8, 4) is 0 Å². The number of pyridine rings is 1. The highest BCUT2D eigenvalue weighted by Gasteiger charge is 1.96. The van der Waals surface area contributed by atoms with Crippen molar-refractivity contribution in [2.24, 2.45) is 0 Å². The number of hydrogen-bond acceptors (Lipinski definition) is 2. The third kappa shape index (κ3) is 3.34. The van der Waals surface area contributed by atoms with Gasteiger partial charge in [-0.2, -0.15) is 0 Å². The number of aryl methyl sites for hydroxylation is 2. The van der Waals surface area contributed by atoms with E-state index in [0.717, 1.165) is 25.1 Å². The molecule has 0 fully saturated rings. The second-order valence-electron chi connectivity index (χ2n) is 3.89. The molecule has 0 aliphatic rings. The molecule has 1 rings (SSSR count). The fourth-order valence-electron chi connectivity index (χ4n) is 1.35. The first-order chi connectivity index (χ1) is 6.59. The molecule has 0 bridgehead atoms. The lowest BCUT2D eigenvalue weighted by Gasteiger charge is -2.10. The van der Waals surface area contributed by atoms with E-state index in [1.165, 1.54) is 0 Å². The molecule has 0 aromatic carbocycles. The molecular weight excluding hydrogens is 176 g/mol. The van der Waals surface area contributed by atoms with Crippen LogP contribution in [0.25, 0.3) is 0 Å². The zero-order chi connectivity index (χ0) is 10.6. The van der Waals surface area contributed by atoms with Crippen molar-refractivity contribution < 1.29 is 0 Å². The van der Waals surface area contributed by atoms with Crippen LogP contribution in [0.1, 0.15) is 12.0 Å². The minimum absolute atomic E-state index is 0.101. The van der Waals surface area contributed by atoms with E-state index in [4.69, 9.17) is 0 Å². The summed E-state index contributed by atoms with van der Waals surface area (Å²) in [6, 6.07) is 3.65. The van der Waals surface area contributed by atoms with Gasteiger partial charge in [0.2, 0.25) is 0 Å². The number of rotatable bonds is 4. The summed E-state index contributed by atoms with van der Waals surface area (Å²) in [6.07, 6.45) is 2.88. The summed E-state index contributed by atoms with van der Waals surface area (Å²) < 4.78 is 1.76. The number of aromatic nitrogens is 1. The third-order valence-electron chi connectivity index (χ3n) is 2.16. The highest BCUT2D eigenvalue weighted by atomic mass is 16.1. The van der Waals surface area contributed by atoms with Crippen molar-refractivity contribution in [2.75, 3.05) is 20.6 Å². The predicted molar refractivity (Wildman–Crippen MR) is 58.6 cm³/mol. The van der Waals surface area contributed by atoms with Crippen molar-refractivity contribution in [2.45, 2.75) is 19.9 Å². The Bertz CT molecular complexity index is 341. The monoisotopic (exact) mass is 194 g/mol. The van der Waals surface area contributed by atoms with E-state index in [-0.39, 0.29) is 5.56 Å². The Morgan fingerprint density at radius 3 is 2.71 bits per heavy atom. The molecule has 0 unspecified atom stereocenters. The molecule has 78 valence electrons. The average Bonchev–Trinajstić information content (AvgIpc) is 2.08. The normalized spacial score (nSPS) is 10.9. The van der Waals surface area contributed by atoms with Crippen molar-refractivity contribution >= 4 is 0 Å². The van der Waals surface area contributed by atoms with Crippen molar-refractivity contribution in [3.05, 3.63) is 34.2 Å². The Hall–Kier alpha value is -1.09. The largest absolute Gasteiger partial charge is 0.315 e. The molecule has 0 N–H and O–H groups in total. The lowest BCUT2D eigenvalue weighted by atomic mass is 10.3. The summed E-state index contributed by atoms with van der Waals surface area (Å²) in [5, 5.41) is 0. The highest BCUT2D eigenvalue weighted by molar-refractivity contribution is 5.07. The fraction of sp³-hybridized carbons (Fsp3) is 0.545. The van der Waals surface area contributed by atoms with Crippen LogP contribution in [0, 0.1) is 6.92 Å². The van der Waals surface area contributed by atoms with E-state index in [2.05, 4.69) is 4.90 Å². The SMILES string of the molecule is Cc1ccn(CCCN(C)C)c(=O)c1. The maximum absolute atomic E-state index is 11.5. The van der Waals surface area contributed by atoms with Crippen LogP contribution in [-0.2, 0) is 6.54 Å². The van der Waals surface area contributed by atoms with E-state index in [1.807, 2.05) is 33.3 Å². The molecule has 0 aliphatic heterocycles. The predicted octanol–water partition coefficient (Wildman–Crippen LogP) is 1.11. The number of hydrogen-bond donors (Lipinski definition) is 0. The first-order valence-electron chi connectivity index (χ1n) is 4.91. The van der Waals surface area contributed by atoms with Gasteiger partial charge in [0.15, 0.2) is 0 Å². The minimum Gasteiger partial charge on any atom is -0.315 e. The van der Waals surface area contributed by atoms with Gasteiger partial charge in [-0.3, -0.25) is 4.79 Å². The first-order valence-corrected chi connectivity index (χ1v) is 4.91. The van der Waals surface area contributed by atoms with Gasteiger partial charge in [-0.15, -0.1) is 0 Å². The standard InChI is InChI=1S/C11H18N2O/c1-10-5-8-13(11(14)9-10)7-4-6-12(2)3/h5,8-9H,4,6-7H2,1-3H3. The summed E-state index contributed by atoms with van der Waals surface area (Å²) in [7, 11) is 4.08.